The lowest BCUT2D eigenvalue weighted by Crippen LogP contribution is -2.48. The zero-order valence-corrected chi connectivity index (χ0v) is 23.4. The lowest BCUT2D eigenvalue weighted by atomic mass is 9.83. The van der Waals surface area contributed by atoms with E-state index in [1.54, 1.807) is 12.1 Å². The van der Waals surface area contributed by atoms with E-state index in [0.717, 1.165) is 50.7 Å². The van der Waals surface area contributed by atoms with E-state index < -0.39 is 24.1 Å². The molecule has 2 aromatic rings. The van der Waals surface area contributed by atoms with Crippen LogP contribution in [-0.4, -0.2) is 56.5 Å². The van der Waals surface area contributed by atoms with Crippen LogP contribution in [0.2, 0.25) is 0 Å². The van der Waals surface area contributed by atoms with Crippen molar-refractivity contribution in [3.8, 4) is 23.0 Å². The van der Waals surface area contributed by atoms with Gasteiger partial charge in [-0.3, -0.25) is 0 Å². The second-order valence-electron chi connectivity index (χ2n) is 11.9. The van der Waals surface area contributed by atoms with Crippen molar-refractivity contribution in [2.24, 2.45) is 0 Å². The molecule has 0 aromatic heterocycles. The van der Waals surface area contributed by atoms with Crippen molar-refractivity contribution in [2.45, 2.75) is 101 Å². The maximum absolute atomic E-state index is 13.0. The lowest BCUT2D eigenvalue weighted by Gasteiger charge is -2.38. The van der Waals surface area contributed by atoms with Gasteiger partial charge >= 0.3 is 11.9 Å². The minimum Gasteiger partial charge on any atom is -0.504 e. The Kier molecular flexibility index (Phi) is 8.00. The summed E-state index contributed by atoms with van der Waals surface area (Å²) in [5, 5.41) is 48.0. The first-order valence-electron chi connectivity index (χ1n) is 15.0. The summed E-state index contributed by atoms with van der Waals surface area (Å²) in [6, 6.07) is 6.46. The molecule has 4 aliphatic carbocycles. The van der Waals surface area contributed by atoms with Crippen molar-refractivity contribution < 1.29 is 39.5 Å². The maximum atomic E-state index is 13.0. The number of carbonyl (C=O) groups is 2. The molecule has 10 nitrogen and oxygen atoms in total. The molecule has 0 spiro atoms. The predicted molar refractivity (Wildman–Crippen MR) is 152 cm³/mol. The minimum atomic E-state index is -0.728. The van der Waals surface area contributed by atoms with E-state index in [4.69, 9.17) is 9.47 Å². The molecule has 42 heavy (non-hydrogen) atoms. The van der Waals surface area contributed by atoms with Crippen molar-refractivity contribution in [3.63, 3.8) is 0 Å². The molecule has 2 aromatic carbocycles. The quantitative estimate of drug-likeness (QED) is 0.154. The molecule has 4 unspecified atom stereocenters. The number of hydrogen-bond acceptors (Lipinski definition) is 10. The Morgan fingerprint density at radius 1 is 0.643 bits per heavy atom. The van der Waals surface area contributed by atoms with E-state index >= 15 is 0 Å². The molecule has 4 atom stereocenters. The maximum Gasteiger partial charge on any atom is 0.331 e. The largest absolute Gasteiger partial charge is 0.504 e. The standard InChI is InChI=1S/C32H38N2O8/c35-25-13-9-21-19(29(25)39)7-11-23(33-17-3-1-4-17)31(21)41-27(37)15-16-28(38)42-32-22-10-14-26(36)30(40)20(22)8-12-24(32)34-18-5-2-6-18/h9-10,13-18,23-24,31-36,39-40H,1-8,11-12H2/b16-15+. The topological polar surface area (TPSA) is 158 Å². The molecule has 0 heterocycles. The van der Waals surface area contributed by atoms with Crippen molar-refractivity contribution in [1.82, 2.24) is 10.6 Å². The van der Waals surface area contributed by atoms with Gasteiger partial charge in [-0.1, -0.05) is 25.0 Å². The molecule has 0 aliphatic heterocycles. The number of fused-ring (bicyclic) bond motifs is 2. The molecule has 0 saturated heterocycles. The van der Waals surface area contributed by atoms with Gasteiger partial charge in [-0.25, -0.2) is 9.59 Å². The first-order chi connectivity index (χ1) is 20.3. The van der Waals surface area contributed by atoms with Crippen LogP contribution < -0.4 is 10.6 Å². The highest BCUT2D eigenvalue weighted by atomic mass is 16.6. The molecule has 6 rings (SSSR count). The van der Waals surface area contributed by atoms with Gasteiger partial charge in [0.25, 0.3) is 0 Å². The number of nitrogens with one attached hydrogen (secondary N) is 2. The minimum absolute atomic E-state index is 0.169. The van der Waals surface area contributed by atoms with Crippen LogP contribution in [0.4, 0.5) is 0 Å². The van der Waals surface area contributed by atoms with Crippen LogP contribution in [0.15, 0.2) is 36.4 Å². The van der Waals surface area contributed by atoms with Crippen molar-refractivity contribution in [1.29, 1.82) is 0 Å². The van der Waals surface area contributed by atoms with Gasteiger partial charge in [0.2, 0.25) is 0 Å². The fourth-order valence-corrected chi connectivity index (χ4v) is 6.53. The Balaban J connectivity index is 1.17. The van der Waals surface area contributed by atoms with E-state index in [-0.39, 0.29) is 35.1 Å². The number of carbonyl (C=O) groups excluding carboxylic acids is 2. The third-order valence-electron chi connectivity index (χ3n) is 9.30. The summed E-state index contributed by atoms with van der Waals surface area (Å²) in [4.78, 5) is 26.0. The van der Waals surface area contributed by atoms with Crippen LogP contribution in [0.1, 0.15) is 85.8 Å². The summed E-state index contributed by atoms with van der Waals surface area (Å²) in [7, 11) is 0. The lowest BCUT2D eigenvalue weighted by molar-refractivity contribution is -0.148. The second-order valence-corrected chi connectivity index (χ2v) is 11.9. The molecule has 0 bridgehead atoms. The number of aromatic hydroxyl groups is 4. The van der Waals surface area contributed by atoms with Gasteiger partial charge in [0, 0.05) is 58.6 Å². The van der Waals surface area contributed by atoms with Crippen LogP contribution in [-0.2, 0) is 31.9 Å². The molecule has 10 heteroatoms. The highest BCUT2D eigenvalue weighted by molar-refractivity contribution is 5.92. The zero-order chi connectivity index (χ0) is 29.4. The average Bonchev–Trinajstić information content (AvgIpc) is 2.93. The van der Waals surface area contributed by atoms with Crippen LogP contribution >= 0.6 is 0 Å². The van der Waals surface area contributed by atoms with Gasteiger partial charge in [0.05, 0.1) is 0 Å². The second kappa shape index (κ2) is 11.9. The summed E-state index contributed by atoms with van der Waals surface area (Å²) >= 11 is 0. The normalized spacial score (nSPS) is 25.6. The zero-order valence-electron chi connectivity index (χ0n) is 23.4. The summed E-state index contributed by atoms with van der Waals surface area (Å²) in [5.41, 5.74) is 2.37. The van der Waals surface area contributed by atoms with Gasteiger partial charge in [0.1, 0.15) is 12.2 Å². The van der Waals surface area contributed by atoms with Crippen LogP contribution in [0.5, 0.6) is 23.0 Å². The van der Waals surface area contributed by atoms with Crippen LogP contribution in [0, 0.1) is 0 Å². The summed E-state index contributed by atoms with van der Waals surface area (Å²) in [5.74, 6) is -2.30. The summed E-state index contributed by atoms with van der Waals surface area (Å²) in [6.07, 6.45) is 9.47. The van der Waals surface area contributed by atoms with Gasteiger partial charge < -0.3 is 40.5 Å². The molecule has 0 amide bonds. The third-order valence-corrected chi connectivity index (χ3v) is 9.30. The van der Waals surface area contributed by atoms with Crippen LogP contribution in [0.25, 0.3) is 0 Å². The summed E-state index contributed by atoms with van der Waals surface area (Å²) in [6.45, 7) is 0. The first kappa shape index (κ1) is 28.4. The molecule has 4 aliphatic rings. The van der Waals surface area contributed by atoms with Crippen molar-refractivity contribution >= 4 is 11.9 Å². The molecule has 2 saturated carbocycles. The Hall–Kier alpha value is -3.76. The molecule has 6 N–H and O–H groups in total. The number of rotatable bonds is 8. The first-order valence-corrected chi connectivity index (χ1v) is 15.0. The van der Waals surface area contributed by atoms with Gasteiger partial charge in [-0.05, 0) is 63.5 Å². The van der Waals surface area contributed by atoms with E-state index in [9.17, 15) is 30.0 Å². The van der Waals surface area contributed by atoms with Crippen molar-refractivity contribution in [2.75, 3.05) is 0 Å². The van der Waals surface area contributed by atoms with Crippen molar-refractivity contribution in [3.05, 3.63) is 58.7 Å². The number of phenolic OH excluding ortho intramolecular Hbond substituents is 4. The molecular formula is C32H38N2O8. The molecule has 224 valence electrons. The van der Waals surface area contributed by atoms with Gasteiger partial charge in [-0.2, -0.15) is 0 Å². The number of esters is 2. The highest BCUT2D eigenvalue weighted by Gasteiger charge is 2.38. The highest BCUT2D eigenvalue weighted by Crippen LogP contribution is 2.43. The van der Waals surface area contributed by atoms with E-state index in [0.29, 0.717) is 60.0 Å². The van der Waals surface area contributed by atoms with E-state index in [2.05, 4.69) is 10.6 Å². The molecule has 2 fully saturated rings. The number of benzene rings is 2. The number of hydrogen-bond donors (Lipinski definition) is 6. The molecule has 0 radical (unpaired) electrons. The predicted octanol–water partition coefficient (Wildman–Crippen LogP) is 3.85. The van der Waals surface area contributed by atoms with E-state index in [1.165, 1.54) is 12.1 Å². The Bertz CT molecular complexity index is 1280. The smallest absolute Gasteiger partial charge is 0.331 e. The summed E-state index contributed by atoms with van der Waals surface area (Å²) < 4.78 is 11.7. The van der Waals surface area contributed by atoms with Gasteiger partial charge in [0.15, 0.2) is 23.0 Å². The third kappa shape index (κ3) is 5.65. The fourth-order valence-electron chi connectivity index (χ4n) is 6.53. The van der Waals surface area contributed by atoms with Gasteiger partial charge in [-0.15, -0.1) is 0 Å². The Morgan fingerprint density at radius 2 is 1.05 bits per heavy atom. The fraction of sp³-hybridized carbons (Fsp3) is 0.500. The van der Waals surface area contributed by atoms with Crippen LogP contribution in [0.3, 0.4) is 0 Å². The monoisotopic (exact) mass is 578 g/mol. The SMILES string of the molecule is O=C(/C=C/C(=O)OC1c2ccc(O)c(O)c2CCC1NC1CCC1)OC1c2ccc(O)c(O)c2CCC1NC1CCC1. The van der Waals surface area contributed by atoms with E-state index in [1.807, 2.05) is 0 Å². The number of ether oxygens (including phenoxy) is 2. The molecular weight excluding hydrogens is 540 g/mol. The Morgan fingerprint density at radius 3 is 1.40 bits per heavy atom. The number of phenols is 4. The Labute approximate surface area is 244 Å². The average molecular weight is 579 g/mol.